The summed E-state index contributed by atoms with van der Waals surface area (Å²) in [5.41, 5.74) is 0.635. The number of nitrogens with zero attached hydrogens (tertiary/aromatic N) is 2. The molecule has 4 saturated carbocycles. The van der Waals surface area contributed by atoms with Crippen LogP contribution in [0.1, 0.15) is 62.4 Å². The molecule has 2 aromatic rings. The van der Waals surface area contributed by atoms with E-state index in [4.69, 9.17) is 0 Å². The van der Waals surface area contributed by atoms with Crippen LogP contribution in [-0.2, 0) is 11.8 Å². The second-order valence-corrected chi connectivity index (χ2v) is 9.51. The van der Waals surface area contributed by atoms with Crippen molar-refractivity contribution in [2.24, 2.45) is 30.2 Å². The lowest BCUT2D eigenvalue weighted by Gasteiger charge is -2.56. The Labute approximate surface area is 165 Å². The van der Waals surface area contributed by atoms with Crippen LogP contribution in [0, 0.1) is 29.0 Å². The highest BCUT2D eigenvalue weighted by Crippen LogP contribution is 2.61. The maximum Gasteiger partial charge on any atom is 0.221 e. The SMILES string of the molecule is Cn1ccnc1[C@H](NC(=O)CC12CC3CC(CC(C3)C1)C2)c1ccccc1F. The van der Waals surface area contributed by atoms with E-state index in [1.165, 1.54) is 44.6 Å². The Bertz CT molecular complexity index is 854. The number of benzene rings is 1. The van der Waals surface area contributed by atoms with Gasteiger partial charge in [0.1, 0.15) is 17.7 Å². The largest absolute Gasteiger partial charge is 0.342 e. The fraction of sp³-hybridized carbons (Fsp3) is 0.565. The van der Waals surface area contributed by atoms with Crippen LogP contribution in [0.25, 0.3) is 0 Å². The van der Waals surface area contributed by atoms with E-state index in [9.17, 15) is 9.18 Å². The second kappa shape index (κ2) is 6.71. The number of amides is 1. The maximum absolute atomic E-state index is 14.5. The van der Waals surface area contributed by atoms with Crippen molar-refractivity contribution >= 4 is 5.91 Å². The summed E-state index contributed by atoms with van der Waals surface area (Å²) in [6.07, 6.45) is 11.8. The van der Waals surface area contributed by atoms with Crippen molar-refractivity contribution in [1.29, 1.82) is 0 Å². The van der Waals surface area contributed by atoms with Crippen molar-refractivity contribution in [1.82, 2.24) is 14.9 Å². The molecule has 1 aromatic heterocycles. The molecule has 28 heavy (non-hydrogen) atoms. The van der Waals surface area contributed by atoms with Crippen LogP contribution in [0.4, 0.5) is 4.39 Å². The molecule has 0 spiro atoms. The Morgan fingerprint density at radius 3 is 2.43 bits per heavy atom. The van der Waals surface area contributed by atoms with Gasteiger partial charge >= 0.3 is 0 Å². The summed E-state index contributed by atoms with van der Waals surface area (Å²) in [6.45, 7) is 0. The molecular formula is C23H28FN3O. The number of nitrogens with one attached hydrogen (secondary N) is 1. The zero-order valence-corrected chi connectivity index (χ0v) is 16.4. The molecule has 5 heteroatoms. The van der Waals surface area contributed by atoms with E-state index >= 15 is 0 Å². The highest BCUT2D eigenvalue weighted by Gasteiger charge is 2.51. The number of carbonyl (C=O) groups is 1. The minimum atomic E-state index is -0.567. The maximum atomic E-state index is 14.5. The van der Waals surface area contributed by atoms with Crippen LogP contribution in [0.15, 0.2) is 36.7 Å². The predicted molar refractivity (Wildman–Crippen MR) is 105 cm³/mol. The van der Waals surface area contributed by atoms with Gasteiger partial charge in [0.05, 0.1) is 0 Å². The molecule has 4 aliphatic rings. The average Bonchev–Trinajstić information content (AvgIpc) is 3.04. The van der Waals surface area contributed by atoms with Crippen molar-refractivity contribution in [3.8, 4) is 0 Å². The molecule has 1 N–H and O–H groups in total. The van der Waals surface area contributed by atoms with Crippen LogP contribution in [0.5, 0.6) is 0 Å². The van der Waals surface area contributed by atoms with Gasteiger partial charge in [-0.15, -0.1) is 0 Å². The number of aryl methyl sites for hydroxylation is 1. The number of aromatic nitrogens is 2. The van der Waals surface area contributed by atoms with Gasteiger partial charge in [0.2, 0.25) is 5.91 Å². The Balaban J connectivity index is 1.38. The third-order valence-corrected chi connectivity index (χ3v) is 7.34. The minimum Gasteiger partial charge on any atom is -0.342 e. The van der Waals surface area contributed by atoms with Gasteiger partial charge < -0.3 is 9.88 Å². The minimum absolute atomic E-state index is 0.0261. The van der Waals surface area contributed by atoms with Gasteiger partial charge in [-0.3, -0.25) is 4.79 Å². The van der Waals surface area contributed by atoms with Crippen molar-refractivity contribution in [2.75, 3.05) is 0 Å². The normalized spacial score (nSPS) is 31.7. The molecule has 1 amide bonds. The van der Waals surface area contributed by atoms with E-state index in [2.05, 4.69) is 10.3 Å². The van der Waals surface area contributed by atoms with Crippen molar-refractivity contribution in [3.63, 3.8) is 0 Å². The molecule has 1 heterocycles. The number of carbonyl (C=O) groups excluding carboxylic acids is 1. The number of imidazole rings is 1. The molecule has 1 atom stereocenters. The standard InChI is InChI=1S/C23H28FN3O/c1-27-7-6-25-22(27)21(18-4-2-3-5-19(18)24)26-20(28)14-23-11-15-8-16(12-23)10-17(9-15)13-23/h2-7,15-17,21H,8-14H2,1H3,(H,26,28)/t15?,16?,17?,21-,23?/m1/s1. The molecule has 0 radical (unpaired) electrons. The van der Waals surface area contributed by atoms with Gasteiger partial charge in [-0.1, -0.05) is 18.2 Å². The first-order valence-electron chi connectivity index (χ1n) is 10.5. The first-order valence-corrected chi connectivity index (χ1v) is 10.5. The molecule has 4 bridgehead atoms. The molecule has 0 saturated heterocycles. The van der Waals surface area contributed by atoms with Crippen LogP contribution < -0.4 is 5.32 Å². The highest BCUT2D eigenvalue weighted by molar-refractivity contribution is 5.77. The molecule has 4 nitrogen and oxygen atoms in total. The number of rotatable bonds is 5. The van der Waals surface area contributed by atoms with Gasteiger partial charge in [0.15, 0.2) is 0 Å². The van der Waals surface area contributed by atoms with Crippen LogP contribution in [0.2, 0.25) is 0 Å². The van der Waals surface area contributed by atoms with E-state index in [1.807, 2.05) is 17.8 Å². The van der Waals surface area contributed by atoms with E-state index in [0.29, 0.717) is 17.8 Å². The fourth-order valence-corrected chi connectivity index (χ4v) is 6.71. The Hall–Kier alpha value is -2.17. The first-order chi connectivity index (χ1) is 13.5. The summed E-state index contributed by atoms with van der Waals surface area (Å²) in [6, 6.07) is 6.09. The van der Waals surface area contributed by atoms with Crippen LogP contribution in [-0.4, -0.2) is 15.5 Å². The quantitative estimate of drug-likeness (QED) is 0.836. The molecule has 148 valence electrons. The third kappa shape index (κ3) is 3.15. The Morgan fingerprint density at radius 2 is 1.86 bits per heavy atom. The zero-order valence-electron chi connectivity index (χ0n) is 16.4. The average molecular weight is 381 g/mol. The summed E-state index contributed by atoms with van der Waals surface area (Å²) in [5, 5.41) is 3.13. The number of hydrogen-bond acceptors (Lipinski definition) is 2. The van der Waals surface area contributed by atoms with Crippen molar-refractivity contribution < 1.29 is 9.18 Å². The molecule has 6 rings (SSSR count). The van der Waals surface area contributed by atoms with E-state index in [0.717, 1.165) is 17.8 Å². The summed E-state index contributed by atoms with van der Waals surface area (Å²) in [4.78, 5) is 17.6. The lowest BCUT2D eigenvalue weighted by atomic mass is 9.49. The molecule has 4 aliphatic carbocycles. The van der Waals surface area contributed by atoms with Gasteiger partial charge in [-0.05, 0) is 67.8 Å². The highest BCUT2D eigenvalue weighted by atomic mass is 19.1. The molecule has 1 aromatic carbocycles. The summed E-state index contributed by atoms with van der Waals surface area (Å²) in [7, 11) is 1.88. The smallest absolute Gasteiger partial charge is 0.221 e. The number of halogens is 1. The molecule has 4 fully saturated rings. The van der Waals surface area contributed by atoms with E-state index < -0.39 is 6.04 Å². The van der Waals surface area contributed by atoms with Gasteiger partial charge in [-0.2, -0.15) is 0 Å². The van der Waals surface area contributed by atoms with E-state index in [1.54, 1.807) is 24.4 Å². The molecular weight excluding hydrogens is 353 g/mol. The Kier molecular flexibility index (Phi) is 4.29. The van der Waals surface area contributed by atoms with Gasteiger partial charge in [0.25, 0.3) is 0 Å². The second-order valence-electron chi connectivity index (χ2n) is 9.51. The number of hydrogen-bond donors (Lipinski definition) is 1. The van der Waals surface area contributed by atoms with Crippen LogP contribution in [0.3, 0.4) is 0 Å². The van der Waals surface area contributed by atoms with Crippen LogP contribution >= 0.6 is 0 Å². The molecule has 0 unspecified atom stereocenters. The third-order valence-electron chi connectivity index (χ3n) is 7.34. The van der Waals surface area contributed by atoms with E-state index in [-0.39, 0.29) is 17.1 Å². The van der Waals surface area contributed by atoms with Crippen molar-refractivity contribution in [3.05, 3.63) is 53.9 Å². The van der Waals surface area contributed by atoms with Crippen molar-refractivity contribution in [2.45, 2.75) is 51.0 Å². The zero-order chi connectivity index (χ0) is 19.3. The lowest BCUT2D eigenvalue weighted by molar-refractivity contribution is -0.130. The lowest BCUT2D eigenvalue weighted by Crippen LogP contribution is -2.48. The summed E-state index contributed by atoms with van der Waals surface area (Å²) >= 11 is 0. The van der Waals surface area contributed by atoms with Gasteiger partial charge in [-0.25, -0.2) is 9.37 Å². The monoisotopic (exact) mass is 381 g/mol. The topological polar surface area (TPSA) is 46.9 Å². The molecule has 0 aliphatic heterocycles. The fourth-order valence-electron chi connectivity index (χ4n) is 6.71. The van der Waals surface area contributed by atoms with Gasteiger partial charge in [0, 0.05) is 31.4 Å². The summed E-state index contributed by atoms with van der Waals surface area (Å²) < 4.78 is 16.4. The summed E-state index contributed by atoms with van der Waals surface area (Å²) in [5.74, 6) is 2.82. The predicted octanol–water partition coefficient (Wildman–Crippen LogP) is 4.37. The Morgan fingerprint density at radius 1 is 1.21 bits per heavy atom. The first kappa shape index (κ1) is 17.9.